The maximum atomic E-state index is 12.9. The zero-order valence-corrected chi connectivity index (χ0v) is 52.5. The van der Waals surface area contributed by atoms with Crippen LogP contribution in [0.2, 0.25) is 0 Å². The predicted octanol–water partition coefficient (Wildman–Crippen LogP) is 24.0. The molecule has 0 rings (SSSR count). The first-order valence-corrected chi connectivity index (χ1v) is 35.2. The van der Waals surface area contributed by atoms with Crippen LogP contribution in [0.4, 0.5) is 0 Å². The molecule has 0 saturated carbocycles. The summed E-state index contributed by atoms with van der Waals surface area (Å²) in [6.07, 6.45) is 79.6. The molecule has 6 heteroatoms. The molecular formula is C71H136O6. The molecule has 0 N–H and O–H groups in total. The van der Waals surface area contributed by atoms with Crippen molar-refractivity contribution in [2.24, 2.45) is 0 Å². The van der Waals surface area contributed by atoms with Gasteiger partial charge >= 0.3 is 17.9 Å². The van der Waals surface area contributed by atoms with E-state index in [1.165, 1.54) is 302 Å². The Morgan fingerprint density at radius 3 is 0.675 bits per heavy atom. The average Bonchev–Trinajstić information content (AvgIpc) is 3.43. The first-order valence-electron chi connectivity index (χ1n) is 35.2. The molecule has 0 bridgehead atoms. The molecule has 0 radical (unpaired) electrons. The second kappa shape index (κ2) is 66.7. The molecule has 0 saturated heterocycles. The Bertz CT molecular complexity index is 1200. The first kappa shape index (κ1) is 75.2. The lowest BCUT2D eigenvalue weighted by Crippen LogP contribution is -2.30. The largest absolute Gasteiger partial charge is 0.462 e. The minimum absolute atomic E-state index is 0.0658. The number of esters is 3. The topological polar surface area (TPSA) is 78.9 Å². The van der Waals surface area contributed by atoms with Gasteiger partial charge in [-0.3, -0.25) is 14.4 Å². The second-order valence-corrected chi connectivity index (χ2v) is 24.2. The van der Waals surface area contributed by atoms with Crippen molar-refractivity contribution in [3.8, 4) is 0 Å². The molecule has 0 aromatic heterocycles. The van der Waals surface area contributed by atoms with Crippen molar-refractivity contribution in [2.75, 3.05) is 13.2 Å². The quantitative estimate of drug-likeness (QED) is 0.0261. The summed E-state index contributed by atoms with van der Waals surface area (Å²) in [6, 6.07) is 0. The zero-order valence-electron chi connectivity index (χ0n) is 52.5. The summed E-state index contributed by atoms with van der Waals surface area (Å²) in [5.74, 6) is -0.841. The molecular weight excluding hydrogens is 949 g/mol. The Kier molecular flexibility index (Phi) is 65.1. The van der Waals surface area contributed by atoms with Gasteiger partial charge in [-0.15, -0.1) is 0 Å². The maximum absolute atomic E-state index is 12.9. The van der Waals surface area contributed by atoms with Crippen LogP contribution >= 0.6 is 0 Å². The SMILES string of the molecule is CCCCC/C=C\CCCCCCCC(=O)OCC(COC(=O)CCCCCCCCCCCCCCCCCCCCCCCCCCC)OC(=O)CCCCCCCCCCCCCCCCCCCCCCCC. The fourth-order valence-corrected chi connectivity index (χ4v) is 11.0. The molecule has 0 heterocycles. The van der Waals surface area contributed by atoms with E-state index in [-0.39, 0.29) is 31.1 Å². The number of ether oxygens (including phenoxy) is 3. The molecule has 0 aliphatic carbocycles. The summed E-state index contributed by atoms with van der Waals surface area (Å²) in [4.78, 5) is 38.4. The number of hydrogen-bond acceptors (Lipinski definition) is 6. The maximum Gasteiger partial charge on any atom is 0.306 e. The Balaban J connectivity index is 4.18. The van der Waals surface area contributed by atoms with Crippen LogP contribution in [-0.4, -0.2) is 37.2 Å². The molecule has 0 fully saturated rings. The Morgan fingerprint density at radius 2 is 0.429 bits per heavy atom. The van der Waals surface area contributed by atoms with Crippen LogP contribution in [0.15, 0.2) is 12.2 Å². The molecule has 0 aliphatic heterocycles. The molecule has 6 nitrogen and oxygen atoms in total. The average molecular weight is 1090 g/mol. The second-order valence-electron chi connectivity index (χ2n) is 24.2. The summed E-state index contributed by atoms with van der Waals surface area (Å²) in [6.45, 7) is 6.70. The molecule has 0 aromatic rings. The number of unbranched alkanes of at least 4 members (excludes halogenated alkanes) is 53. The normalized spacial score (nSPS) is 12.0. The minimum atomic E-state index is -0.769. The van der Waals surface area contributed by atoms with E-state index in [1.807, 2.05) is 0 Å². The molecule has 0 aromatic carbocycles. The Labute approximate surface area is 481 Å². The number of rotatable bonds is 66. The van der Waals surface area contributed by atoms with Crippen LogP contribution in [-0.2, 0) is 28.6 Å². The number of hydrogen-bond donors (Lipinski definition) is 0. The van der Waals surface area contributed by atoms with Crippen molar-refractivity contribution in [3.63, 3.8) is 0 Å². The minimum Gasteiger partial charge on any atom is -0.462 e. The molecule has 0 spiro atoms. The number of carbonyl (C=O) groups excluding carboxylic acids is 3. The van der Waals surface area contributed by atoms with Crippen molar-refractivity contribution in [1.82, 2.24) is 0 Å². The predicted molar refractivity (Wildman–Crippen MR) is 335 cm³/mol. The smallest absolute Gasteiger partial charge is 0.306 e. The molecule has 456 valence electrons. The lowest BCUT2D eigenvalue weighted by Gasteiger charge is -2.18. The van der Waals surface area contributed by atoms with Crippen molar-refractivity contribution < 1.29 is 28.6 Å². The van der Waals surface area contributed by atoms with Gasteiger partial charge in [0, 0.05) is 19.3 Å². The van der Waals surface area contributed by atoms with Crippen LogP contribution in [0, 0.1) is 0 Å². The third kappa shape index (κ3) is 64.9. The van der Waals surface area contributed by atoms with Crippen LogP contribution in [0.3, 0.4) is 0 Å². The van der Waals surface area contributed by atoms with Gasteiger partial charge in [0.05, 0.1) is 0 Å². The van der Waals surface area contributed by atoms with E-state index in [2.05, 4.69) is 32.9 Å². The molecule has 1 atom stereocenters. The summed E-state index contributed by atoms with van der Waals surface area (Å²) in [5.41, 5.74) is 0. The van der Waals surface area contributed by atoms with Crippen molar-refractivity contribution in [3.05, 3.63) is 12.2 Å². The molecule has 1 unspecified atom stereocenters. The zero-order chi connectivity index (χ0) is 55.7. The van der Waals surface area contributed by atoms with Crippen molar-refractivity contribution in [1.29, 1.82) is 0 Å². The first-order chi connectivity index (χ1) is 38.0. The van der Waals surface area contributed by atoms with Crippen molar-refractivity contribution >= 4 is 17.9 Å². The van der Waals surface area contributed by atoms with Gasteiger partial charge in [-0.2, -0.15) is 0 Å². The fraction of sp³-hybridized carbons (Fsp3) is 0.930. The van der Waals surface area contributed by atoms with Crippen molar-refractivity contribution in [2.45, 2.75) is 412 Å². The van der Waals surface area contributed by atoms with Gasteiger partial charge in [0.1, 0.15) is 13.2 Å². The number of allylic oxidation sites excluding steroid dienone is 2. The third-order valence-electron chi connectivity index (χ3n) is 16.3. The van der Waals surface area contributed by atoms with Gasteiger partial charge in [-0.25, -0.2) is 0 Å². The van der Waals surface area contributed by atoms with Gasteiger partial charge in [0.15, 0.2) is 6.10 Å². The van der Waals surface area contributed by atoms with E-state index < -0.39 is 6.10 Å². The van der Waals surface area contributed by atoms with E-state index in [0.29, 0.717) is 19.3 Å². The van der Waals surface area contributed by atoms with Crippen LogP contribution < -0.4 is 0 Å². The third-order valence-corrected chi connectivity index (χ3v) is 16.3. The van der Waals surface area contributed by atoms with E-state index in [4.69, 9.17) is 14.2 Å². The van der Waals surface area contributed by atoms with Crippen LogP contribution in [0.1, 0.15) is 406 Å². The summed E-state index contributed by atoms with van der Waals surface area (Å²) < 4.78 is 17.0. The Morgan fingerprint density at radius 1 is 0.247 bits per heavy atom. The van der Waals surface area contributed by atoms with Gasteiger partial charge in [-0.1, -0.05) is 354 Å². The summed E-state index contributed by atoms with van der Waals surface area (Å²) in [5, 5.41) is 0. The molecule has 0 amide bonds. The van der Waals surface area contributed by atoms with Crippen LogP contribution in [0.25, 0.3) is 0 Å². The van der Waals surface area contributed by atoms with E-state index in [9.17, 15) is 14.4 Å². The Hall–Kier alpha value is -1.85. The van der Waals surface area contributed by atoms with Gasteiger partial charge < -0.3 is 14.2 Å². The van der Waals surface area contributed by atoms with E-state index in [1.54, 1.807) is 0 Å². The lowest BCUT2D eigenvalue weighted by molar-refractivity contribution is -0.167. The highest BCUT2D eigenvalue weighted by Gasteiger charge is 2.19. The van der Waals surface area contributed by atoms with Crippen LogP contribution in [0.5, 0.6) is 0 Å². The molecule has 0 aliphatic rings. The highest BCUT2D eigenvalue weighted by molar-refractivity contribution is 5.71. The monoisotopic (exact) mass is 1090 g/mol. The van der Waals surface area contributed by atoms with Gasteiger partial charge in [-0.05, 0) is 44.9 Å². The summed E-state index contributed by atoms with van der Waals surface area (Å²) in [7, 11) is 0. The highest BCUT2D eigenvalue weighted by Crippen LogP contribution is 2.19. The fourth-order valence-electron chi connectivity index (χ4n) is 11.0. The molecule has 77 heavy (non-hydrogen) atoms. The van der Waals surface area contributed by atoms with E-state index in [0.717, 1.165) is 64.2 Å². The lowest BCUT2D eigenvalue weighted by atomic mass is 10.0. The van der Waals surface area contributed by atoms with E-state index >= 15 is 0 Å². The number of carbonyl (C=O) groups is 3. The standard InChI is InChI=1S/C71H136O6/c1-4-7-10-13-16-19-22-25-27-29-31-33-35-36-37-39-40-42-44-46-49-52-55-58-61-64-70(73)76-67-68(66-75-69(72)63-60-57-54-51-48-24-21-18-15-12-9-6-3)77-71(74)65-62-59-56-53-50-47-45-43-41-38-34-32-30-28-26-23-20-17-14-11-8-5-2/h18,21,68H,4-17,19-20,22-67H2,1-3H3/b21-18-. The van der Waals surface area contributed by atoms with Gasteiger partial charge in [0.25, 0.3) is 0 Å². The summed E-state index contributed by atoms with van der Waals surface area (Å²) >= 11 is 0. The van der Waals surface area contributed by atoms with Gasteiger partial charge in [0.2, 0.25) is 0 Å². The highest BCUT2D eigenvalue weighted by atomic mass is 16.6.